The molecule has 11 nitrogen and oxygen atoms in total. The van der Waals surface area contributed by atoms with Gasteiger partial charge in [0.1, 0.15) is 18.4 Å². The van der Waals surface area contributed by atoms with Crippen molar-refractivity contribution in [2.45, 2.75) is 38.1 Å². The van der Waals surface area contributed by atoms with E-state index in [0.29, 0.717) is 11.4 Å². The molecular formula is C12H20N2O9P2. The van der Waals surface area contributed by atoms with Crippen molar-refractivity contribution in [1.82, 2.24) is 10.2 Å². The maximum absolute atomic E-state index is 11.5. The second-order valence-electron chi connectivity index (χ2n) is 5.77. The third-order valence-corrected chi connectivity index (χ3v) is 4.71. The summed E-state index contributed by atoms with van der Waals surface area (Å²) in [5.74, 6) is 0.157. The van der Waals surface area contributed by atoms with Crippen LogP contribution in [-0.4, -0.2) is 62.0 Å². The highest BCUT2D eigenvalue weighted by Gasteiger charge is 2.42. The monoisotopic (exact) mass is 398 g/mol. The van der Waals surface area contributed by atoms with Gasteiger partial charge in [0.05, 0.1) is 0 Å². The first-order valence-corrected chi connectivity index (χ1v) is 10.9. The largest absolute Gasteiger partial charge is 0.356 e. The van der Waals surface area contributed by atoms with Crippen molar-refractivity contribution in [2.24, 2.45) is 0 Å². The van der Waals surface area contributed by atoms with E-state index in [9.17, 15) is 23.9 Å². The van der Waals surface area contributed by atoms with Crippen molar-refractivity contribution < 1.29 is 43.0 Å². The summed E-state index contributed by atoms with van der Waals surface area (Å²) in [5, 5.41) is 12.3. The van der Waals surface area contributed by atoms with Gasteiger partial charge in [0, 0.05) is 30.7 Å². The molecule has 0 radical (unpaired) electrons. The molecular weight excluding hydrogens is 378 g/mol. The zero-order valence-corrected chi connectivity index (χ0v) is 15.2. The molecule has 0 bridgehead atoms. The molecule has 0 aromatic carbocycles. The van der Waals surface area contributed by atoms with Crippen LogP contribution >= 0.6 is 15.2 Å². The molecule has 0 aromatic heterocycles. The molecule has 2 heterocycles. The van der Waals surface area contributed by atoms with Crippen LogP contribution in [-0.2, 0) is 23.2 Å². The first-order chi connectivity index (χ1) is 11.4. The normalized spacial score (nSPS) is 33.3. The molecule has 0 aliphatic carbocycles. The number of hydrogen-bond donors (Lipinski definition) is 5. The SMILES string of the molecule is CC1=CN(C2CC(OP(C)(=O)O)C(/C=C/P(=O)(O)O)O2)C(O)NC1=O. The van der Waals surface area contributed by atoms with Gasteiger partial charge < -0.3 is 39.3 Å². The highest BCUT2D eigenvalue weighted by Crippen LogP contribution is 2.44. The summed E-state index contributed by atoms with van der Waals surface area (Å²) in [6, 6.07) is 0. The second-order valence-corrected chi connectivity index (χ2v) is 9.07. The Bertz CT molecular complexity index is 682. The number of rotatable bonds is 5. The summed E-state index contributed by atoms with van der Waals surface area (Å²) in [6.45, 7) is 2.50. The topological polar surface area (TPSA) is 166 Å². The number of nitrogens with one attached hydrogen (secondary N) is 1. The highest BCUT2D eigenvalue weighted by atomic mass is 31.2. The lowest BCUT2D eigenvalue weighted by Crippen LogP contribution is -2.53. The first kappa shape index (κ1) is 20.3. The zero-order chi connectivity index (χ0) is 19.0. The second kappa shape index (κ2) is 7.30. The van der Waals surface area contributed by atoms with E-state index in [4.69, 9.17) is 19.0 Å². The van der Waals surface area contributed by atoms with Gasteiger partial charge in [0.15, 0.2) is 0 Å². The van der Waals surface area contributed by atoms with Crippen LogP contribution in [0.5, 0.6) is 0 Å². The molecule has 2 aliphatic rings. The number of carbonyl (C=O) groups excluding carboxylic acids is 1. The summed E-state index contributed by atoms with van der Waals surface area (Å²) < 4.78 is 33.2. The van der Waals surface area contributed by atoms with Crippen LogP contribution in [0.15, 0.2) is 23.7 Å². The van der Waals surface area contributed by atoms with Gasteiger partial charge in [-0.2, -0.15) is 0 Å². The Balaban J connectivity index is 2.22. The Labute approximate surface area is 143 Å². The van der Waals surface area contributed by atoms with E-state index < -0.39 is 45.9 Å². The van der Waals surface area contributed by atoms with Gasteiger partial charge in [-0.3, -0.25) is 13.9 Å². The molecule has 5 N–H and O–H groups in total. The Hall–Kier alpha value is -1.03. The molecule has 0 aromatic rings. The van der Waals surface area contributed by atoms with Crippen LogP contribution in [0.4, 0.5) is 0 Å². The van der Waals surface area contributed by atoms with Gasteiger partial charge in [0.2, 0.25) is 6.35 Å². The molecule has 5 unspecified atom stereocenters. The average Bonchev–Trinajstić information content (AvgIpc) is 2.80. The van der Waals surface area contributed by atoms with Crippen LogP contribution in [0, 0.1) is 0 Å². The van der Waals surface area contributed by atoms with E-state index in [1.165, 1.54) is 18.0 Å². The van der Waals surface area contributed by atoms with Crippen molar-refractivity contribution in [3.05, 3.63) is 23.7 Å². The maximum Gasteiger partial charge on any atom is 0.348 e. The van der Waals surface area contributed by atoms with E-state index >= 15 is 0 Å². The van der Waals surface area contributed by atoms with Gasteiger partial charge >= 0.3 is 15.2 Å². The minimum absolute atomic E-state index is 0.0191. The van der Waals surface area contributed by atoms with Gasteiger partial charge in [0.25, 0.3) is 5.91 Å². The van der Waals surface area contributed by atoms with Crippen LogP contribution < -0.4 is 5.32 Å². The lowest BCUT2D eigenvalue weighted by Gasteiger charge is -2.35. The van der Waals surface area contributed by atoms with E-state index in [0.717, 1.165) is 12.7 Å². The van der Waals surface area contributed by atoms with Crippen LogP contribution in [0.3, 0.4) is 0 Å². The zero-order valence-electron chi connectivity index (χ0n) is 13.4. The first-order valence-electron chi connectivity index (χ1n) is 7.19. The molecule has 25 heavy (non-hydrogen) atoms. The third kappa shape index (κ3) is 5.73. The van der Waals surface area contributed by atoms with Gasteiger partial charge in [-0.15, -0.1) is 0 Å². The maximum atomic E-state index is 11.5. The van der Waals surface area contributed by atoms with Gasteiger partial charge in [-0.1, -0.05) is 0 Å². The summed E-state index contributed by atoms with van der Waals surface area (Å²) in [6.07, 6.45) is -1.81. The third-order valence-electron chi connectivity index (χ3n) is 3.49. The number of carbonyl (C=O) groups is 1. The number of hydrogen-bond acceptors (Lipinski definition) is 7. The molecule has 1 fully saturated rings. The molecule has 2 aliphatic heterocycles. The van der Waals surface area contributed by atoms with E-state index in [-0.39, 0.29) is 6.42 Å². The van der Waals surface area contributed by atoms with Crippen molar-refractivity contribution in [2.75, 3.05) is 6.66 Å². The quantitative estimate of drug-likeness (QED) is 0.385. The summed E-state index contributed by atoms with van der Waals surface area (Å²) in [4.78, 5) is 40.1. The number of aliphatic hydroxyl groups excluding tert-OH is 1. The fourth-order valence-electron chi connectivity index (χ4n) is 2.47. The summed E-state index contributed by atoms with van der Waals surface area (Å²) in [5.41, 5.74) is 0.309. The molecule has 0 spiro atoms. The Morgan fingerprint density at radius 1 is 1.40 bits per heavy atom. The van der Waals surface area contributed by atoms with Crippen LogP contribution in [0.1, 0.15) is 13.3 Å². The number of nitrogens with zero attached hydrogens (tertiary/aromatic N) is 1. The van der Waals surface area contributed by atoms with Crippen LogP contribution in [0.25, 0.3) is 0 Å². The van der Waals surface area contributed by atoms with Crippen molar-refractivity contribution in [1.29, 1.82) is 0 Å². The fourth-order valence-corrected chi connectivity index (χ4v) is 3.57. The predicted molar refractivity (Wildman–Crippen MR) is 84.8 cm³/mol. The predicted octanol–water partition coefficient (Wildman–Crippen LogP) is -0.395. The molecule has 142 valence electrons. The Morgan fingerprint density at radius 3 is 2.60 bits per heavy atom. The highest BCUT2D eigenvalue weighted by molar-refractivity contribution is 7.55. The minimum Gasteiger partial charge on any atom is -0.356 e. The minimum atomic E-state index is -4.46. The lowest BCUT2D eigenvalue weighted by molar-refractivity contribution is -0.138. The smallest absolute Gasteiger partial charge is 0.348 e. The van der Waals surface area contributed by atoms with Gasteiger partial charge in [-0.25, -0.2) is 0 Å². The van der Waals surface area contributed by atoms with E-state index in [1.807, 2.05) is 0 Å². The lowest BCUT2D eigenvalue weighted by atomic mass is 10.1. The summed E-state index contributed by atoms with van der Waals surface area (Å²) in [7, 11) is -8.35. The van der Waals surface area contributed by atoms with E-state index in [1.54, 1.807) is 0 Å². The number of aliphatic hydroxyl groups is 1. The molecule has 1 amide bonds. The molecule has 5 atom stereocenters. The number of ether oxygens (including phenoxy) is 1. The Kier molecular flexibility index (Phi) is 5.92. The summed E-state index contributed by atoms with van der Waals surface area (Å²) >= 11 is 0. The number of amides is 1. The van der Waals surface area contributed by atoms with Crippen molar-refractivity contribution in [3.63, 3.8) is 0 Å². The molecule has 0 saturated carbocycles. The van der Waals surface area contributed by atoms with Crippen molar-refractivity contribution >= 4 is 21.1 Å². The average molecular weight is 398 g/mol. The molecule has 1 saturated heterocycles. The van der Waals surface area contributed by atoms with Gasteiger partial charge in [-0.05, 0) is 13.0 Å². The van der Waals surface area contributed by atoms with Crippen molar-refractivity contribution in [3.8, 4) is 0 Å². The Morgan fingerprint density at radius 2 is 2.04 bits per heavy atom. The van der Waals surface area contributed by atoms with Crippen LogP contribution in [0.2, 0.25) is 0 Å². The standard InChI is InChI=1S/C12H20N2O9P2/c1-7-6-14(12(16)13-11(7)15)10-5-9(23-24(2,17)18)8(22-10)3-4-25(19,20)21/h3-4,6,8-10,12,16H,5H2,1-2H3,(H,13,15)(H,17,18)(H2,19,20,21)/b4-3+. The molecule has 13 heteroatoms. The van der Waals surface area contributed by atoms with E-state index in [2.05, 4.69) is 5.32 Å². The fraction of sp³-hybridized carbons (Fsp3) is 0.583. The molecule has 2 rings (SSSR count).